The van der Waals surface area contributed by atoms with E-state index in [-0.39, 0.29) is 5.60 Å². The van der Waals surface area contributed by atoms with Crippen molar-refractivity contribution in [2.24, 2.45) is 5.92 Å². The van der Waals surface area contributed by atoms with Crippen LogP contribution in [-0.2, 0) is 4.74 Å². The summed E-state index contributed by atoms with van der Waals surface area (Å²) in [6, 6.07) is 0. The Morgan fingerprint density at radius 3 is 2.79 bits per heavy atom. The highest BCUT2D eigenvalue weighted by Gasteiger charge is 2.14. The molecule has 14 heavy (non-hydrogen) atoms. The molecule has 1 rings (SSSR count). The first-order valence-corrected chi connectivity index (χ1v) is 5.92. The number of ether oxygens (including phenoxy) is 1. The van der Waals surface area contributed by atoms with Crippen LogP contribution in [0.15, 0.2) is 0 Å². The molecule has 1 aliphatic rings. The van der Waals surface area contributed by atoms with Gasteiger partial charge in [0.1, 0.15) is 0 Å². The quantitative estimate of drug-likeness (QED) is 0.754. The summed E-state index contributed by atoms with van der Waals surface area (Å²) in [4.78, 5) is 0. The predicted molar refractivity (Wildman–Crippen MR) is 60.5 cm³/mol. The highest BCUT2D eigenvalue weighted by molar-refractivity contribution is 4.68. The van der Waals surface area contributed by atoms with Crippen molar-refractivity contribution in [3.63, 3.8) is 0 Å². The van der Waals surface area contributed by atoms with Crippen LogP contribution in [0.2, 0.25) is 0 Å². The number of hydrogen-bond donors (Lipinski definition) is 1. The molecule has 1 aliphatic heterocycles. The van der Waals surface area contributed by atoms with E-state index in [0.717, 1.165) is 12.5 Å². The van der Waals surface area contributed by atoms with Crippen molar-refractivity contribution in [3.05, 3.63) is 0 Å². The molecule has 1 atom stereocenters. The molecule has 1 heterocycles. The van der Waals surface area contributed by atoms with Crippen molar-refractivity contribution in [2.75, 3.05) is 19.7 Å². The molecule has 0 spiro atoms. The van der Waals surface area contributed by atoms with Gasteiger partial charge < -0.3 is 10.1 Å². The monoisotopic (exact) mass is 199 g/mol. The Bertz CT molecular complexity index is 143. The molecular weight excluding hydrogens is 174 g/mol. The summed E-state index contributed by atoms with van der Waals surface area (Å²) in [5.74, 6) is 0.833. The van der Waals surface area contributed by atoms with Gasteiger partial charge in [0.05, 0.1) is 5.60 Å². The maximum absolute atomic E-state index is 5.75. The fourth-order valence-corrected chi connectivity index (χ4v) is 1.87. The summed E-state index contributed by atoms with van der Waals surface area (Å²) >= 11 is 0. The molecule has 1 fully saturated rings. The van der Waals surface area contributed by atoms with Crippen LogP contribution in [0, 0.1) is 5.92 Å². The van der Waals surface area contributed by atoms with E-state index in [1.54, 1.807) is 0 Å². The van der Waals surface area contributed by atoms with E-state index in [1.807, 2.05) is 0 Å². The third-order valence-electron chi connectivity index (χ3n) is 2.71. The first-order valence-electron chi connectivity index (χ1n) is 5.92. The molecule has 0 radical (unpaired) electrons. The number of rotatable bonds is 3. The Kier molecular flexibility index (Phi) is 4.90. The van der Waals surface area contributed by atoms with E-state index < -0.39 is 0 Å². The second-order valence-electron chi connectivity index (χ2n) is 5.32. The largest absolute Gasteiger partial charge is 0.376 e. The first-order chi connectivity index (χ1) is 6.58. The van der Waals surface area contributed by atoms with Gasteiger partial charge in [0, 0.05) is 6.61 Å². The van der Waals surface area contributed by atoms with E-state index in [0.29, 0.717) is 0 Å². The van der Waals surface area contributed by atoms with E-state index in [9.17, 15) is 0 Å². The van der Waals surface area contributed by atoms with E-state index >= 15 is 0 Å². The first kappa shape index (κ1) is 12.0. The zero-order valence-corrected chi connectivity index (χ0v) is 9.94. The van der Waals surface area contributed by atoms with Gasteiger partial charge in [-0.2, -0.15) is 0 Å². The molecule has 0 aliphatic carbocycles. The normalized spacial score (nSPS) is 24.6. The van der Waals surface area contributed by atoms with Crippen LogP contribution >= 0.6 is 0 Å². The maximum atomic E-state index is 5.75. The van der Waals surface area contributed by atoms with Gasteiger partial charge in [0.25, 0.3) is 0 Å². The zero-order chi connectivity index (χ0) is 10.4. The fourth-order valence-electron chi connectivity index (χ4n) is 1.87. The molecule has 0 aromatic carbocycles. The van der Waals surface area contributed by atoms with Crippen LogP contribution in [0.5, 0.6) is 0 Å². The molecule has 2 heteroatoms. The molecule has 84 valence electrons. The summed E-state index contributed by atoms with van der Waals surface area (Å²) in [6.45, 7) is 9.68. The van der Waals surface area contributed by atoms with Crippen LogP contribution in [0.4, 0.5) is 0 Å². The Labute approximate surface area is 88.4 Å². The number of nitrogens with one attached hydrogen (secondary N) is 1. The van der Waals surface area contributed by atoms with Crippen LogP contribution < -0.4 is 5.32 Å². The van der Waals surface area contributed by atoms with Crippen molar-refractivity contribution in [2.45, 2.75) is 52.1 Å². The van der Waals surface area contributed by atoms with Crippen molar-refractivity contribution in [1.29, 1.82) is 0 Å². The minimum atomic E-state index is 0.0260. The van der Waals surface area contributed by atoms with E-state index in [2.05, 4.69) is 26.1 Å². The zero-order valence-electron chi connectivity index (χ0n) is 9.94. The fraction of sp³-hybridized carbons (Fsp3) is 1.00. The van der Waals surface area contributed by atoms with Crippen LogP contribution in [0.3, 0.4) is 0 Å². The molecule has 0 aromatic heterocycles. The highest BCUT2D eigenvalue weighted by Crippen LogP contribution is 2.16. The Hall–Kier alpha value is -0.0800. The lowest BCUT2D eigenvalue weighted by Crippen LogP contribution is -2.24. The summed E-state index contributed by atoms with van der Waals surface area (Å²) in [6.07, 6.45) is 5.31. The molecule has 1 saturated heterocycles. The summed E-state index contributed by atoms with van der Waals surface area (Å²) in [5, 5.41) is 3.49. The average molecular weight is 199 g/mol. The molecule has 0 bridgehead atoms. The SMILES string of the molecule is CC(C)(C)OCCC1CCCCNC1. The molecule has 1 unspecified atom stereocenters. The van der Waals surface area contributed by atoms with Gasteiger partial charge in [-0.3, -0.25) is 0 Å². The highest BCUT2D eigenvalue weighted by atomic mass is 16.5. The summed E-state index contributed by atoms with van der Waals surface area (Å²) < 4.78 is 5.75. The van der Waals surface area contributed by atoms with Gasteiger partial charge in [0.15, 0.2) is 0 Å². The van der Waals surface area contributed by atoms with Crippen molar-refractivity contribution < 1.29 is 4.74 Å². The third-order valence-corrected chi connectivity index (χ3v) is 2.71. The second kappa shape index (κ2) is 5.72. The molecule has 0 amide bonds. The topological polar surface area (TPSA) is 21.3 Å². The lowest BCUT2D eigenvalue weighted by molar-refractivity contribution is -0.00938. The smallest absolute Gasteiger partial charge is 0.0598 e. The minimum Gasteiger partial charge on any atom is -0.376 e. The lowest BCUT2D eigenvalue weighted by atomic mass is 10.0. The Morgan fingerprint density at radius 1 is 1.29 bits per heavy atom. The van der Waals surface area contributed by atoms with Crippen molar-refractivity contribution in [1.82, 2.24) is 5.32 Å². The predicted octanol–water partition coefficient (Wildman–Crippen LogP) is 2.58. The Balaban J connectivity index is 2.10. The average Bonchev–Trinajstić information content (AvgIpc) is 2.30. The van der Waals surface area contributed by atoms with E-state index in [4.69, 9.17) is 4.74 Å². The number of hydrogen-bond acceptors (Lipinski definition) is 2. The third kappa shape index (κ3) is 5.61. The molecular formula is C12H25NO. The summed E-state index contributed by atoms with van der Waals surface area (Å²) in [7, 11) is 0. The van der Waals surface area contributed by atoms with Crippen molar-refractivity contribution >= 4 is 0 Å². The van der Waals surface area contributed by atoms with Gasteiger partial charge in [-0.15, -0.1) is 0 Å². The van der Waals surface area contributed by atoms with E-state index in [1.165, 1.54) is 38.8 Å². The molecule has 0 aromatic rings. The van der Waals surface area contributed by atoms with Crippen LogP contribution in [0.25, 0.3) is 0 Å². The standard InChI is InChI=1S/C12H25NO/c1-12(2,3)14-9-7-11-6-4-5-8-13-10-11/h11,13H,4-10H2,1-3H3. The maximum Gasteiger partial charge on any atom is 0.0598 e. The molecule has 2 nitrogen and oxygen atoms in total. The van der Waals surface area contributed by atoms with Crippen LogP contribution in [-0.4, -0.2) is 25.3 Å². The van der Waals surface area contributed by atoms with Gasteiger partial charge in [-0.1, -0.05) is 6.42 Å². The van der Waals surface area contributed by atoms with Crippen molar-refractivity contribution in [3.8, 4) is 0 Å². The second-order valence-corrected chi connectivity index (χ2v) is 5.32. The van der Waals surface area contributed by atoms with Gasteiger partial charge in [-0.25, -0.2) is 0 Å². The molecule has 0 saturated carbocycles. The molecule has 1 N–H and O–H groups in total. The minimum absolute atomic E-state index is 0.0260. The Morgan fingerprint density at radius 2 is 2.07 bits per heavy atom. The van der Waals surface area contributed by atoms with Crippen LogP contribution in [0.1, 0.15) is 46.5 Å². The van der Waals surface area contributed by atoms with Gasteiger partial charge in [-0.05, 0) is 59.0 Å². The van der Waals surface area contributed by atoms with Gasteiger partial charge in [0.2, 0.25) is 0 Å². The van der Waals surface area contributed by atoms with Gasteiger partial charge >= 0.3 is 0 Å². The summed E-state index contributed by atoms with van der Waals surface area (Å²) in [5.41, 5.74) is 0.0260. The lowest BCUT2D eigenvalue weighted by Gasteiger charge is -2.21.